The number of carbonyl (C=O) groups excluding carboxylic acids is 1. The first-order valence-electron chi connectivity index (χ1n) is 8.65. The lowest BCUT2D eigenvalue weighted by molar-refractivity contribution is -0.386. The molecule has 1 aromatic heterocycles. The van der Waals surface area contributed by atoms with Gasteiger partial charge in [0.05, 0.1) is 10.6 Å². The van der Waals surface area contributed by atoms with Crippen LogP contribution in [0.4, 0.5) is 20.2 Å². The minimum atomic E-state index is -3.04. The summed E-state index contributed by atoms with van der Waals surface area (Å²) in [5, 5.41) is 13.5. The molecule has 1 amide bonds. The molecule has 0 aliphatic carbocycles. The molecule has 0 saturated carbocycles. The number of furan rings is 1. The van der Waals surface area contributed by atoms with Crippen molar-refractivity contribution >= 4 is 17.3 Å². The molecule has 0 saturated heterocycles. The van der Waals surface area contributed by atoms with E-state index in [4.69, 9.17) is 9.15 Å². The van der Waals surface area contributed by atoms with Crippen molar-refractivity contribution in [3.05, 3.63) is 81.8 Å². The highest BCUT2D eigenvalue weighted by Gasteiger charge is 2.18. The molecular weight excluding hydrogens is 402 g/mol. The maximum atomic E-state index is 12.6. The van der Waals surface area contributed by atoms with Gasteiger partial charge < -0.3 is 19.2 Å². The number of alkyl halides is 2. The summed E-state index contributed by atoms with van der Waals surface area (Å²) in [4.78, 5) is 22.9. The van der Waals surface area contributed by atoms with Crippen molar-refractivity contribution in [1.82, 2.24) is 0 Å². The predicted molar refractivity (Wildman–Crippen MR) is 102 cm³/mol. The maximum Gasteiger partial charge on any atom is 0.387 e. The van der Waals surface area contributed by atoms with Gasteiger partial charge in [0.25, 0.3) is 5.91 Å². The number of amides is 1. The molecule has 1 heterocycles. The fraction of sp³-hybridized carbons (Fsp3) is 0.150. The Balaban J connectivity index is 1.69. The van der Waals surface area contributed by atoms with Crippen LogP contribution in [0.25, 0.3) is 0 Å². The van der Waals surface area contributed by atoms with Gasteiger partial charge in [-0.3, -0.25) is 14.9 Å². The fourth-order valence-electron chi connectivity index (χ4n) is 2.58. The van der Waals surface area contributed by atoms with E-state index >= 15 is 0 Å². The van der Waals surface area contributed by atoms with Gasteiger partial charge in [-0.25, -0.2) is 0 Å². The molecule has 8 nitrogen and oxygen atoms in total. The molecule has 156 valence electrons. The molecule has 2 aromatic carbocycles. The number of hydrogen-bond donors (Lipinski definition) is 1. The summed E-state index contributed by atoms with van der Waals surface area (Å²) < 4.78 is 40.3. The Morgan fingerprint density at radius 1 is 1.17 bits per heavy atom. The minimum Gasteiger partial charge on any atom is -0.479 e. The van der Waals surface area contributed by atoms with Crippen LogP contribution in [0.15, 0.2) is 59.0 Å². The number of aryl methyl sites for hydroxylation is 1. The van der Waals surface area contributed by atoms with Crippen molar-refractivity contribution in [2.24, 2.45) is 0 Å². The Bertz CT molecular complexity index is 1070. The highest BCUT2D eigenvalue weighted by atomic mass is 19.3. The summed E-state index contributed by atoms with van der Waals surface area (Å²) in [5.74, 6) is -0.669. The molecule has 0 atom stereocenters. The van der Waals surface area contributed by atoms with Crippen molar-refractivity contribution in [2.45, 2.75) is 20.1 Å². The molecule has 0 aliphatic rings. The summed E-state index contributed by atoms with van der Waals surface area (Å²) >= 11 is 0. The molecule has 1 N–H and O–H groups in total. The topological polar surface area (TPSA) is 104 Å². The second-order valence-corrected chi connectivity index (χ2v) is 6.11. The second kappa shape index (κ2) is 9.03. The predicted octanol–water partition coefficient (Wildman–Crippen LogP) is 4.93. The number of nitrogens with one attached hydrogen (secondary N) is 1. The standard InChI is InChI=1S/C20H16F2N2O6/c1-12-6-8-16(30-20(21)22)14(10-12)23-19(25)18-9-7-13(29-18)11-28-17-5-3-2-4-15(17)24(26)27/h2-10,20H,11H2,1H3,(H,23,25). The number of benzene rings is 2. The summed E-state index contributed by atoms with van der Waals surface area (Å²) in [6, 6.07) is 13.1. The Labute approximate surface area is 169 Å². The smallest absolute Gasteiger partial charge is 0.387 e. The third-order valence-electron chi connectivity index (χ3n) is 3.92. The molecule has 3 rings (SSSR count). The zero-order valence-corrected chi connectivity index (χ0v) is 15.6. The first-order chi connectivity index (χ1) is 14.3. The molecule has 0 unspecified atom stereocenters. The number of nitrogens with zero attached hydrogens (tertiary/aromatic N) is 1. The lowest BCUT2D eigenvalue weighted by Crippen LogP contribution is -2.13. The van der Waals surface area contributed by atoms with Gasteiger partial charge in [-0.1, -0.05) is 18.2 Å². The van der Waals surface area contributed by atoms with Crippen LogP contribution in [0.2, 0.25) is 0 Å². The zero-order valence-electron chi connectivity index (χ0n) is 15.6. The normalized spacial score (nSPS) is 10.7. The second-order valence-electron chi connectivity index (χ2n) is 6.11. The summed E-state index contributed by atoms with van der Waals surface area (Å²) in [5.41, 5.74) is 0.590. The first-order valence-corrected chi connectivity index (χ1v) is 8.65. The number of nitro benzene ring substituents is 1. The van der Waals surface area contributed by atoms with Crippen molar-refractivity contribution in [1.29, 1.82) is 0 Å². The van der Waals surface area contributed by atoms with E-state index in [1.54, 1.807) is 19.1 Å². The highest BCUT2D eigenvalue weighted by Crippen LogP contribution is 2.29. The van der Waals surface area contributed by atoms with Gasteiger partial charge in [-0.05, 0) is 42.8 Å². The van der Waals surface area contributed by atoms with Crippen LogP contribution in [0, 0.1) is 17.0 Å². The monoisotopic (exact) mass is 418 g/mol. The quantitative estimate of drug-likeness (QED) is 0.411. The Morgan fingerprint density at radius 3 is 2.67 bits per heavy atom. The van der Waals surface area contributed by atoms with E-state index in [0.717, 1.165) is 5.56 Å². The Hall–Kier alpha value is -3.95. The van der Waals surface area contributed by atoms with Crippen LogP contribution in [-0.4, -0.2) is 17.4 Å². The number of anilines is 1. The van der Waals surface area contributed by atoms with E-state index in [2.05, 4.69) is 10.1 Å². The van der Waals surface area contributed by atoms with Crippen LogP contribution in [0.5, 0.6) is 11.5 Å². The third-order valence-corrected chi connectivity index (χ3v) is 3.92. The van der Waals surface area contributed by atoms with Gasteiger partial charge in [0.15, 0.2) is 11.5 Å². The molecule has 0 fully saturated rings. The molecule has 30 heavy (non-hydrogen) atoms. The number of ether oxygens (including phenoxy) is 2. The van der Waals surface area contributed by atoms with E-state index < -0.39 is 17.4 Å². The van der Waals surface area contributed by atoms with Gasteiger partial charge in [0.2, 0.25) is 0 Å². The number of halogens is 2. The third kappa shape index (κ3) is 5.10. The summed E-state index contributed by atoms with van der Waals surface area (Å²) in [7, 11) is 0. The van der Waals surface area contributed by atoms with Gasteiger partial charge in [0, 0.05) is 6.07 Å². The van der Waals surface area contributed by atoms with E-state index in [9.17, 15) is 23.7 Å². The van der Waals surface area contributed by atoms with Crippen LogP contribution < -0.4 is 14.8 Å². The van der Waals surface area contributed by atoms with Crippen LogP contribution in [-0.2, 0) is 6.61 Å². The van der Waals surface area contributed by atoms with E-state index in [1.807, 2.05) is 0 Å². The molecule has 10 heteroatoms. The van der Waals surface area contributed by atoms with Crippen LogP contribution in [0.1, 0.15) is 21.9 Å². The summed E-state index contributed by atoms with van der Waals surface area (Å²) in [6.07, 6.45) is 0. The van der Waals surface area contributed by atoms with Crippen molar-refractivity contribution < 1.29 is 32.4 Å². The number of hydrogen-bond acceptors (Lipinski definition) is 6. The van der Waals surface area contributed by atoms with Gasteiger partial charge in [-0.2, -0.15) is 8.78 Å². The van der Waals surface area contributed by atoms with Crippen molar-refractivity contribution in [3.8, 4) is 11.5 Å². The van der Waals surface area contributed by atoms with Crippen LogP contribution in [0.3, 0.4) is 0 Å². The zero-order chi connectivity index (χ0) is 21.7. The average Bonchev–Trinajstić information content (AvgIpc) is 3.17. The number of nitro groups is 1. The number of rotatable bonds is 8. The lowest BCUT2D eigenvalue weighted by atomic mass is 10.2. The maximum absolute atomic E-state index is 12.6. The number of carbonyl (C=O) groups is 1. The SMILES string of the molecule is Cc1ccc(OC(F)F)c(NC(=O)c2ccc(COc3ccccc3[N+](=O)[O-])o2)c1. The van der Waals surface area contributed by atoms with Gasteiger partial charge in [-0.15, -0.1) is 0 Å². The molecular formula is C20H16F2N2O6. The van der Waals surface area contributed by atoms with Crippen molar-refractivity contribution in [3.63, 3.8) is 0 Å². The van der Waals surface area contributed by atoms with Gasteiger partial charge >= 0.3 is 12.3 Å². The number of para-hydroxylation sites is 2. The molecule has 0 radical (unpaired) electrons. The van der Waals surface area contributed by atoms with Gasteiger partial charge in [0.1, 0.15) is 18.1 Å². The fourth-order valence-corrected chi connectivity index (χ4v) is 2.58. The average molecular weight is 418 g/mol. The molecule has 0 bridgehead atoms. The molecule has 3 aromatic rings. The lowest BCUT2D eigenvalue weighted by Gasteiger charge is -2.12. The van der Waals surface area contributed by atoms with Crippen molar-refractivity contribution in [2.75, 3.05) is 5.32 Å². The Morgan fingerprint density at radius 2 is 1.93 bits per heavy atom. The molecule has 0 aliphatic heterocycles. The first kappa shape index (κ1) is 20.8. The largest absolute Gasteiger partial charge is 0.479 e. The minimum absolute atomic E-state index is 0.0541. The highest BCUT2D eigenvalue weighted by molar-refractivity contribution is 6.03. The van der Waals surface area contributed by atoms with E-state index in [0.29, 0.717) is 0 Å². The van der Waals surface area contributed by atoms with Crippen LogP contribution >= 0.6 is 0 Å². The summed E-state index contributed by atoms with van der Waals surface area (Å²) in [6.45, 7) is -1.47. The van der Waals surface area contributed by atoms with E-state index in [-0.39, 0.29) is 41.0 Å². The Kier molecular flexibility index (Phi) is 6.26. The molecule has 0 spiro atoms. The van der Waals surface area contributed by atoms with E-state index in [1.165, 1.54) is 42.5 Å².